The summed E-state index contributed by atoms with van der Waals surface area (Å²) in [4.78, 5) is 34.8. The molecule has 1 unspecified atom stereocenters. The molecule has 106 valence electrons. The van der Waals surface area contributed by atoms with Crippen LogP contribution >= 0.6 is 31.9 Å². The van der Waals surface area contributed by atoms with E-state index in [0.29, 0.717) is 15.5 Å². The lowest BCUT2D eigenvalue weighted by molar-refractivity contribution is -0.146. The summed E-state index contributed by atoms with van der Waals surface area (Å²) in [6, 6.07) is 0. The Hall–Kier alpha value is -0.890. The molecule has 1 heterocycles. The van der Waals surface area contributed by atoms with E-state index >= 15 is 0 Å². The lowest BCUT2D eigenvalue weighted by atomic mass is 10.3. The molecule has 8 heteroatoms. The zero-order chi connectivity index (χ0) is 14.7. The molecule has 1 rings (SSSR count). The van der Waals surface area contributed by atoms with Crippen molar-refractivity contribution in [1.82, 2.24) is 9.13 Å². The first-order valence-electron chi connectivity index (χ1n) is 5.51. The normalized spacial score (nSPS) is 12.3. The maximum Gasteiger partial charge on any atom is 0.331 e. The summed E-state index contributed by atoms with van der Waals surface area (Å²) in [7, 11) is 1.40. The zero-order valence-electron chi connectivity index (χ0n) is 10.8. The first-order valence-corrected chi connectivity index (χ1v) is 7.42. The number of ether oxygens (including phenoxy) is 1. The maximum absolute atomic E-state index is 12.1. The monoisotopic (exact) mass is 396 g/mol. The van der Waals surface area contributed by atoms with Crippen LogP contribution in [0.1, 0.15) is 19.5 Å². The van der Waals surface area contributed by atoms with Crippen LogP contribution in [0.2, 0.25) is 0 Å². The number of alkyl halides is 1. The molecule has 0 saturated heterocycles. The molecule has 1 aromatic rings. The Labute approximate surface area is 126 Å². The molecule has 0 radical (unpaired) electrons. The number of aromatic nitrogens is 2. The topological polar surface area (TPSA) is 70.3 Å². The highest BCUT2D eigenvalue weighted by Crippen LogP contribution is 2.14. The first kappa shape index (κ1) is 16.2. The summed E-state index contributed by atoms with van der Waals surface area (Å²) in [6.45, 7) is 3.18. The van der Waals surface area contributed by atoms with Crippen molar-refractivity contribution in [2.75, 3.05) is 0 Å². The fourth-order valence-corrected chi connectivity index (χ4v) is 3.25. The smallest absolute Gasteiger partial charge is 0.331 e. The number of hydrogen-bond donors (Lipinski definition) is 0. The Morgan fingerprint density at radius 2 is 2.00 bits per heavy atom. The Bertz CT molecular complexity index is 606. The number of carbonyl (C=O) groups is 1. The van der Waals surface area contributed by atoms with Crippen molar-refractivity contribution >= 4 is 37.8 Å². The largest absolute Gasteiger partial charge is 0.461 e. The minimum Gasteiger partial charge on any atom is -0.461 e. The van der Waals surface area contributed by atoms with Gasteiger partial charge in [0.1, 0.15) is 10.6 Å². The van der Waals surface area contributed by atoms with Gasteiger partial charge in [-0.1, -0.05) is 15.9 Å². The van der Waals surface area contributed by atoms with Gasteiger partial charge in [0.05, 0.1) is 12.2 Å². The van der Waals surface area contributed by atoms with Crippen LogP contribution in [0.5, 0.6) is 0 Å². The van der Waals surface area contributed by atoms with E-state index in [-0.39, 0.29) is 6.54 Å². The molecule has 0 spiro atoms. The van der Waals surface area contributed by atoms with Crippen molar-refractivity contribution in [3.8, 4) is 0 Å². The molecule has 0 N–H and O–H groups in total. The third-order valence-electron chi connectivity index (χ3n) is 2.52. The third kappa shape index (κ3) is 3.56. The molecule has 0 aliphatic heterocycles. The van der Waals surface area contributed by atoms with E-state index in [1.807, 2.05) is 0 Å². The number of rotatable bonds is 4. The molecule has 0 fully saturated rings. The average molecular weight is 398 g/mol. The van der Waals surface area contributed by atoms with Crippen LogP contribution in [-0.2, 0) is 28.5 Å². The van der Waals surface area contributed by atoms with Crippen molar-refractivity contribution in [3.63, 3.8) is 0 Å². The second kappa shape index (κ2) is 6.51. The minimum atomic E-state index is -0.461. The predicted octanol–water partition coefficient (Wildman–Crippen LogP) is 1.16. The molecule has 0 aliphatic carbocycles. The van der Waals surface area contributed by atoms with E-state index < -0.39 is 23.3 Å². The SMILES string of the molecule is CC(=O)OC(C)Cn1c(CBr)c(Br)c(=O)n(C)c1=O. The van der Waals surface area contributed by atoms with E-state index in [0.717, 1.165) is 4.57 Å². The summed E-state index contributed by atoms with van der Waals surface area (Å²) in [5, 5.41) is 0.339. The zero-order valence-corrected chi connectivity index (χ0v) is 13.9. The molecule has 0 aromatic carbocycles. The molecule has 6 nitrogen and oxygen atoms in total. The molecule has 0 aliphatic rings. The second-order valence-corrected chi connectivity index (χ2v) is 5.43. The highest BCUT2D eigenvalue weighted by atomic mass is 79.9. The maximum atomic E-state index is 12.1. The Morgan fingerprint density at radius 1 is 1.42 bits per heavy atom. The van der Waals surface area contributed by atoms with Gasteiger partial charge in [0, 0.05) is 19.3 Å². The third-order valence-corrected chi connectivity index (χ3v) is 3.85. The first-order chi connectivity index (χ1) is 8.79. The fourth-order valence-electron chi connectivity index (χ4n) is 1.67. The van der Waals surface area contributed by atoms with Gasteiger partial charge in [0.2, 0.25) is 0 Å². The highest BCUT2D eigenvalue weighted by molar-refractivity contribution is 9.10. The Morgan fingerprint density at radius 3 is 2.47 bits per heavy atom. The molecule has 1 atom stereocenters. The van der Waals surface area contributed by atoms with Gasteiger partial charge in [-0.3, -0.25) is 18.7 Å². The van der Waals surface area contributed by atoms with E-state index in [4.69, 9.17) is 4.74 Å². The second-order valence-electron chi connectivity index (χ2n) is 4.07. The Balaban J connectivity index is 3.31. The van der Waals surface area contributed by atoms with Crippen LogP contribution in [-0.4, -0.2) is 21.2 Å². The Kier molecular flexibility index (Phi) is 5.54. The molecule has 0 saturated carbocycles. The number of nitrogens with zero attached hydrogens (tertiary/aromatic N) is 2. The number of esters is 1. The number of carbonyl (C=O) groups excluding carboxylic acids is 1. The van der Waals surface area contributed by atoms with Gasteiger partial charge >= 0.3 is 11.7 Å². The fraction of sp³-hybridized carbons (Fsp3) is 0.545. The summed E-state index contributed by atoms with van der Waals surface area (Å²) < 4.78 is 7.74. The van der Waals surface area contributed by atoms with Gasteiger partial charge in [0.25, 0.3) is 5.56 Å². The van der Waals surface area contributed by atoms with Gasteiger partial charge in [-0.15, -0.1) is 0 Å². The molecular weight excluding hydrogens is 384 g/mol. The van der Waals surface area contributed by atoms with Crippen LogP contribution in [0.4, 0.5) is 0 Å². The summed E-state index contributed by atoms with van der Waals surface area (Å²) in [6.07, 6.45) is -0.461. The van der Waals surface area contributed by atoms with E-state index in [1.165, 1.54) is 18.5 Å². The van der Waals surface area contributed by atoms with Gasteiger partial charge in [-0.05, 0) is 22.9 Å². The van der Waals surface area contributed by atoms with Crippen molar-refractivity contribution in [2.24, 2.45) is 7.05 Å². The van der Waals surface area contributed by atoms with Crippen LogP contribution in [0.15, 0.2) is 14.1 Å². The van der Waals surface area contributed by atoms with Crippen molar-refractivity contribution in [1.29, 1.82) is 0 Å². The molecule has 19 heavy (non-hydrogen) atoms. The van der Waals surface area contributed by atoms with Crippen LogP contribution in [0.25, 0.3) is 0 Å². The van der Waals surface area contributed by atoms with Crippen molar-refractivity contribution < 1.29 is 9.53 Å². The van der Waals surface area contributed by atoms with Crippen LogP contribution in [0.3, 0.4) is 0 Å². The van der Waals surface area contributed by atoms with Crippen molar-refractivity contribution in [2.45, 2.75) is 31.8 Å². The molecule has 0 bridgehead atoms. The summed E-state index contributed by atoms with van der Waals surface area (Å²) >= 11 is 6.43. The summed E-state index contributed by atoms with van der Waals surface area (Å²) in [5.74, 6) is -0.412. The van der Waals surface area contributed by atoms with Crippen LogP contribution in [0, 0.1) is 0 Å². The standard InChI is InChI=1S/C11H14Br2N2O4/c1-6(19-7(2)16)5-15-8(4-12)9(13)10(17)14(3)11(15)18/h6H,4-5H2,1-3H3. The van der Waals surface area contributed by atoms with Crippen molar-refractivity contribution in [3.05, 3.63) is 31.0 Å². The van der Waals surface area contributed by atoms with E-state index in [1.54, 1.807) is 6.92 Å². The lowest BCUT2D eigenvalue weighted by Gasteiger charge is -2.18. The van der Waals surface area contributed by atoms with Gasteiger partial charge < -0.3 is 4.74 Å². The van der Waals surface area contributed by atoms with Gasteiger partial charge in [0.15, 0.2) is 0 Å². The molecule has 1 aromatic heterocycles. The number of hydrogen-bond acceptors (Lipinski definition) is 4. The van der Waals surface area contributed by atoms with Crippen LogP contribution < -0.4 is 11.2 Å². The minimum absolute atomic E-state index is 0.187. The van der Waals surface area contributed by atoms with Gasteiger partial charge in [-0.2, -0.15) is 0 Å². The average Bonchev–Trinajstić information content (AvgIpc) is 2.33. The van der Waals surface area contributed by atoms with E-state index in [9.17, 15) is 14.4 Å². The number of halogens is 2. The lowest BCUT2D eigenvalue weighted by Crippen LogP contribution is -2.42. The van der Waals surface area contributed by atoms with Gasteiger partial charge in [-0.25, -0.2) is 4.79 Å². The highest BCUT2D eigenvalue weighted by Gasteiger charge is 2.17. The molecular formula is C11H14Br2N2O4. The predicted molar refractivity (Wildman–Crippen MR) is 77.5 cm³/mol. The quantitative estimate of drug-likeness (QED) is 0.564. The summed E-state index contributed by atoms with van der Waals surface area (Å²) in [5.41, 5.74) is -0.315. The van der Waals surface area contributed by atoms with E-state index in [2.05, 4.69) is 31.9 Å². The molecule has 0 amide bonds.